The highest BCUT2D eigenvalue weighted by molar-refractivity contribution is 5.86. The number of hydrogen-bond donors (Lipinski definition) is 3. The van der Waals surface area contributed by atoms with Crippen LogP contribution in [0.25, 0.3) is 0 Å². The van der Waals surface area contributed by atoms with Crippen molar-refractivity contribution in [2.24, 2.45) is 17.8 Å². The van der Waals surface area contributed by atoms with Crippen LogP contribution in [-0.4, -0.2) is 64.7 Å². The summed E-state index contributed by atoms with van der Waals surface area (Å²) in [6.45, 7) is 10.3. The standard InChI is InChI=1S/C24H41N3O6/c1-15(2)13-18(26-23(32)33-24(3,4)5)20(28)25-14-16-8-10-17(11-9-16)21(29)27-12-6-7-19(27)22(30)31/h15-19H,6-14H2,1-5H3,(H,25,28)(H,26,32)(H,30,31)/t16?,17?,18-,19-/m1/s1. The van der Waals surface area contributed by atoms with E-state index in [9.17, 15) is 24.3 Å². The van der Waals surface area contributed by atoms with Crippen molar-refractivity contribution in [3.63, 3.8) is 0 Å². The van der Waals surface area contributed by atoms with E-state index in [4.69, 9.17) is 4.74 Å². The maximum atomic E-state index is 12.8. The first-order valence-corrected chi connectivity index (χ1v) is 12.2. The molecule has 0 bridgehead atoms. The van der Waals surface area contributed by atoms with Crippen LogP contribution >= 0.6 is 0 Å². The normalized spacial score (nSPS) is 24.3. The van der Waals surface area contributed by atoms with Gasteiger partial charge in [-0.25, -0.2) is 9.59 Å². The predicted molar refractivity (Wildman–Crippen MR) is 123 cm³/mol. The zero-order valence-electron chi connectivity index (χ0n) is 20.7. The number of likely N-dealkylation sites (tertiary alicyclic amines) is 1. The summed E-state index contributed by atoms with van der Waals surface area (Å²) < 4.78 is 5.29. The van der Waals surface area contributed by atoms with E-state index < -0.39 is 29.7 Å². The van der Waals surface area contributed by atoms with Crippen LogP contribution in [0.15, 0.2) is 0 Å². The lowest BCUT2D eigenvalue weighted by atomic mass is 9.81. The fourth-order valence-corrected chi connectivity index (χ4v) is 4.66. The summed E-state index contributed by atoms with van der Waals surface area (Å²) in [4.78, 5) is 50.7. The van der Waals surface area contributed by atoms with E-state index >= 15 is 0 Å². The lowest BCUT2D eigenvalue weighted by Gasteiger charge is -2.32. The Kier molecular flexibility index (Phi) is 9.55. The maximum Gasteiger partial charge on any atom is 0.408 e. The average Bonchev–Trinajstić information content (AvgIpc) is 3.20. The van der Waals surface area contributed by atoms with Crippen LogP contribution in [0.5, 0.6) is 0 Å². The summed E-state index contributed by atoms with van der Waals surface area (Å²) in [6.07, 6.45) is 4.17. The highest BCUT2D eigenvalue weighted by Crippen LogP contribution is 2.32. The molecular weight excluding hydrogens is 426 g/mol. The summed E-state index contributed by atoms with van der Waals surface area (Å²) in [6, 6.07) is -1.36. The van der Waals surface area contributed by atoms with Gasteiger partial charge in [-0.1, -0.05) is 13.8 Å². The van der Waals surface area contributed by atoms with Crippen LogP contribution in [0.2, 0.25) is 0 Å². The van der Waals surface area contributed by atoms with Crippen LogP contribution in [0.3, 0.4) is 0 Å². The first kappa shape index (κ1) is 26.9. The Morgan fingerprint density at radius 3 is 2.24 bits per heavy atom. The van der Waals surface area contributed by atoms with Gasteiger partial charge >= 0.3 is 12.1 Å². The van der Waals surface area contributed by atoms with Crippen molar-refractivity contribution in [3.8, 4) is 0 Å². The average molecular weight is 468 g/mol. The van der Waals surface area contributed by atoms with Gasteiger partial charge in [0.05, 0.1) is 0 Å². The summed E-state index contributed by atoms with van der Waals surface area (Å²) in [5.41, 5.74) is -0.640. The molecule has 0 aromatic rings. The number of nitrogens with one attached hydrogen (secondary N) is 2. The minimum absolute atomic E-state index is 0.0408. The number of carbonyl (C=O) groups excluding carboxylic acids is 3. The number of hydrogen-bond acceptors (Lipinski definition) is 5. The highest BCUT2D eigenvalue weighted by Gasteiger charge is 2.38. The number of alkyl carbamates (subject to hydrolysis) is 1. The second-order valence-electron chi connectivity index (χ2n) is 10.8. The fraction of sp³-hybridized carbons (Fsp3) is 0.833. The molecule has 9 heteroatoms. The zero-order chi connectivity index (χ0) is 24.8. The van der Waals surface area contributed by atoms with E-state index in [1.165, 1.54) is 4.90 Å². The number of aliphatic carboxylic acids is 1. The van der Waals surface area contributed by atoms with Crippen LogP contribution in [-0.2, 0) is 19.1 Å². The van der Waals surface area contributed by atoms with Crippen LogP contribution < -0.4 is 10.6 Å². The third-order valence-electron chi connectivity index (χ3n) is 6.30. The van der Waals surface area contributed by atoms with Gasteiger partial charge in [-0.3, -0.25) is 9.59 Å². The van der Waals surface area contributed by atoms with Gasteiger partial charge in [0.15, 0.2) is 0 Å². The van der Waals surface area contributed by atoms with Crippen molar-refractivity contribution in [2.45, 2.75) is 97.2 Å². The molecule has 2 fully saturated rings. The molecule has 0 aromatic carbocycles. The number of rotatable bonds is 8. The SMILES string of the molecule is CC(C)C[C@@H](NC(=O)OC(C)(C)C)C(=O)NCC1CCC(C(=O)N2CCC[C@@H]2C(=O)O)CC1. The molecule has 2 atom stereocenters. The number of ether oxygens (including phenoxy) is 1. The van der Waals surface area contributed by atoms with Gasteiger partial charge in [-0.2, -0.15) is 0 Å². The van der Waals surface area contributed by atoms with Gasteiger partial charge in [-0.05, 0) is 77.6 Å². The van der Waals surface area contributed by atoms with Gasteiger partial charge in [0.25, 0.3) is 0 Å². The van der Waals surface area contributed by atoms with Crippen molar-refractivity contribution in [1.29, 1.82) is 0 Å². The van der Waals surface area contributed by atoms with Gasteiger partial charge in [0.2, 0.25) is 11.8 Å². The molecule has 0 spiro atoms. The molecule has 1 aliphatic heterocycles. The van der Waals surface area contributed by atoms with Crippen molar-refractivity contribution in [2.75, 3.05) is 13.1 Å². The molecule has 0 aromatic heterocycles. The van der Waals surface area contributed by atoms with E-state index in [2.05, 4.69) is 10.6 Å². The third kappa shape index (κ3) is 8.51. The summed E-state index contributed by atoms with van der Waals surface area (Å²) >= 11 is 0. The minimum atomic E-state index is -0.923. The Labute approximate surface area is 197 Å². The van der Waals surface area contributed by atoms with Gasteiger partial charge < -0.3 is 25.4 Å². The number of carbonyl (C=O) groups is 4. The summed E-state index contributed by atoms with van der Waals surface area (Å²) in [5.74, 6) is -0.854. The molecule has 2 rings (SSSR count). The Bertz CT molecular complexity index is 709. The van der Waals surface area contributed by atoms with E-state index in [1.54, 1.807) is 20.8 Å². The molecule has 1 aliphatic carbocycles. The fourth-order valence-electron chi connectivity index (χ4n) is 4.66. The summed E-state index contributed by atoms with van der Waals surface area (Å²) in [7, 11) is 0. The molecule has 1 heterocycles. The number of amides is 3. The number of nitrogens with zero attached hydrogens (tertiary/aromatic N) is 1. The molecule has 188 valence electrons. The van der Waals surface area contributed by atoms with E-state index in [-0.39, 0.29) is 29.6 Å². The largest absolute Gasteiger partial charge is 0.480 e. The molecule has 0 radical (unpaired) electrons. The van der Waals surface area contributed by atoms with Crippen molar-refractivity contribution in [3.05, 3.63) is 0 Å². The molecule has 2 aliphatic rings. The molecule has 33 heavy (non-hydrogen) atoms. The number of carboxylic acids is 1. The molecule has 0 unspecified atom stereocenters. The van der Waals surface area contributed by atoms with E-state index in [0.717, 1.165) is 19.3 Å². The molecule has 3 N–H and O–H groups in total. The topological polar surface area (TPSA) is 125 Å². The second kappa shape index (κ2) is 11.7. The first-order chi connectivity index (χ1) is 15.4. The monoisotopic (exact) mass is 467 g/mol. The van der Waals surface area contributed by atoms with Crippen LogP contribution in [0.4, 0.5) is 4.79 Å². The zero-order valence-corrected chi connectivity index (χ0v) is 20.7. The molecule has 9 nitrogen and oxygen atoms in total. The first-order valence-electron chi connectivity index (χ1n) is 12.2. The molecular formula is C24H41N3O6. The smallest absolute Gasteiger partial charge is 0.408 e. The quantitative estimate of drug-likeness (QED) is 0.504. The molecule has 1 saturated heterocycles. The Morgan fingerprint density at radius 1 is 1.06 bits per heavy atom. The highest BCUT2D eigenvalue weighted by atomic mass is 16.6. The summed E-state index contributed by atoms with van der Waals surface area (Å²) in [5, 5.41) is 15.0. The van der Waals surface area contributed by atoms with E-state index in [1.807, 2.05) is 13.8 Å². The Morgan fingerprint density at radius 2 is 1.70 bits per heavy atom. The van der Waals surface area contributed by atoms with Crippen LogP contribution in [0, 0.1) is 17.8 Å². The van der Waals surface area contributed by atoms with Gasteiger partial charge in [0, 0.05) is 19.0 Å². The van der Waals surface area contributed by atoms with Crippen molar-refractivity contribution in [1.82, 2.24) is 15.5 Å². The molecule has 1 saturated carbocycles. The predicted octanol–water partition coefficient (Wildman–Crippen LogP) is 2.92. The lowest BCUT2D eigenvalue weighted by molar-refractivity contribution is -0.150. The minimum Gasteiger partial charge on any atom is -0.480 e. The van der Waals surface area contributed by atoms with Crippen molar-refractivity contribution < 1.29 is 29.0 Å². The third-order valence-corrected chi connectivity index (χ3v) is 6.30. The molecule has 3 amide bonds. The van der Waals surface area contributed by atoms with Crippen molar-refractivity contribution >= 4 is 23.9 Å². The Hall–Kier alpha value is -2.32. The number of carboxylic acid groups (broad SMARTS) is 1. The van der Waals surface area contributed by atoms with Crippen LogP contribution in [0.1, 0.15) is 79.6 Å². The van der Waals surface area contributed by atoms with Gasteiger partial charge in [-0.15, -0.1) is 0 Å². The van der Waals surface area contributed by atoms with E-state index in [0.29, 0.717) is 38.8 Å². The second-order valence-corrected chi connectivity index (χ2v) is 10.8. The van der Waals surface area contributed by atoms with Gasteiger partial charge in [0.1, 0.15) is 17.7 Å². The Balaban J connectivity index is 1.81. The maximum absolute atomic E-state index is 12.8. The lowest BCUT2D eigenvalue weighted by Crippen LogP contribution is -2.49.